The van der Waals surface area contributed by atoms with Crippen molar-refractivity contribution in [2.75, 3.05) is 20.2 Å². The zero-order valence-electron chi connectivity index (χ0n) is 9.03. The van der Waals surface area contributed by atoms with Crippen LogP contribution >= 0.6 is 0 Å². The second-order valence-electron chi connectivity index (χ2n) is 3.80. The topological polar surface area (TPSA) is 55.6 Å². The summed E-state index contributed by atoms with van der Waals surface area (Å²) < 4.78 is 5.27. The molecule has 82 valence electrons. The molecule has 1 aliphatic heterocycles. The van der Waals surface area contributed by atoms with Crippen LogP contribution in [0.3, 0.4) is 0 Å². The molecule has 4 heteroatoms. The van der Waals surface area contributed by atoms with Gasteiger partial charge in [-0.05, 0) is 19.3 Å². The van der Waals surface area contributed by atoms with Crippen LogP contribution in [0.25, 0.3) is 0 Å². The van der Waals surface area contributed by atoms with Crippen LogP contribution in [0.2, 0.25) is 0 Å². The van der Waals surface area contributed by atoms with Gasteiger partial charge in [0.25, 0.3) is 0 Å². The molecule has 0 radical (unpaired) electrons. The van der Waals surface area contributed by atoms with Gasteiger partial charge in [-0.2, -0.15) is 0 Å². The maximum absolute atomic E-state index is 11.1. The van der Waals surface area contributed by atoms with E-state index in [-0.39, 0.29) is 11.9 Å². The maximum Gasteiger partial charge on any atom is 0.234 e. The lowest BCUT2D eigenvalue weighted by molar-refractivity contribution is -0.124. The first-order valence-corrected chi connectivity index (χ1v) is 5.25. The Kier molecular flexibility index (Phi) is 4.35. The second kappa shape index (κ2) is 5.32. The SMILES string of the molecule is CCC(C(N)=O)N1CCC(OC)CC1. The van der Waals surface area contributed by atoms with Crippen molar-refractivity contribution in [1.29, 1.82) is 0 Å². The summed E-state index contributed by atoms with van der Waals surface area (Å²) in [6.07, 6.45) is 3.16. The Hall–Kier alpha value is -0.610. The third-order valence-corrected chi connectivity index (χ3v) is 2.97. The van der Waals surface area contributed by atoms with Gasteiger partial charge in [-0.25, -0.2) is 0 Å². The van der Waals surface area contributed by atoms with E-state index in [4.69, 9.17) is 10.5 Å². The van der Waals surface area contributed by atoms with Gasteiger partial charge < -0.3 is 10.5 Å². The first-order valence-electron chi connectivity index (χ1n) is 5.25. The molecular formula is C10H20N2O2. The second-order valence-corrected chi connectivity index (χ2v) is 3.80. The van der Waals surface area contributed by atoms with Gasteiger partial charge in [0.15, 0.2) is 0 Å². The number of likely N-dealkylation sites (tertiary alicyclic amines) is 1. The van der Waals surface area contributed by atoms with Crippen LogP contribution in [0.5, 0.6) is 0 Å². The zero-order chi connectivity index (χ0) is 10.6. The van der Waals surface area contributed by atoms with Gasteiger partial charge in [0.2, 0.25) is 5.91 Å². The minimum Gasteiger partial charge on any atom is -0.381 e. The van der Waals surface area contributed by atoms with E-state index in [0.717, 1.165) is 32.4 Å². The number of carbonyl (C=O) groups is 1. The van der Waals surface area contributed by atoms with Crippen molar-refractivity contribution in [3.63, 3.8) is 0 Å². The molecule has 0 saturated carbocycles. The molecule has 0 aromatic rings. The number of methoxy groups -OCH3 is 1. The summed E-state index contributed by atoms with van der Waals surface area (Å²) in [5.41, 5.74) is 5.33. The summed E-state index contributed by atoms with van der Waals surface area (Å²) >= 11 is 0. The smallest absolute Gasteiger partial charge is 0.234 e. The van der Waals surface area contributed by atoms with E-state index in [9.17, 15) is 4.79 Å². The number of nitrogens with two attached hydrogens (primary N) is 1. The van der Waals surface area contributed by atoms with Crippen LogP contribution in [0, 0.1) is 0 Å². The number of hydrogen-bond acceptors (Lipinski definition) is 3. The Morgan fingerprint density at radius 1 is 1.57 bits per heavy atom. The average Bonchev–Trinajstić information content (AvgIpc) is 2.19. The molecule has 1 amide bonds. The van der Waals surface area contributed by atoms with Crippen molar-refractivity contribution in [2.45, 2.75) is 38.3 Å². The lowest BCUT2D eigenvalue weighted by Crippen LogP contribution is -2.48. The molecule has 4 nitrogen and oxygen atoms in total. The molecule has 1 aliphatic rings. The van der Waals surface area contributed by atoms with Crippen molar-refractivity contribution in [1.82, 2.24) is 4.90 Å². The number of primary amides is 1. The number of ether oxygens (including phenoxy) is 1. The van der Waals surface area contributed by atoms with E-state index in [1.807, 2.05) is 6.92 Å². The Bertz CT molecular complexity index is 189. The van der Waals surface area contributed by atoms with E-state index in [1.165, 1.54) is 0 Å². The normalized spacial score (nSPS) is 22.1. The zero-order valence-corrected chi connectivity index (χ0v) is 9.03. The molecule has 14 heavy (non-hydrogen) atoms. The number of rotatable bonds is 4. The maximum atomic E-state index is 11.1. The van der Waals surface area contributed by atoms with Crippen molar-refractivity contribution in [3.05, 3.63) is 0 Å². The Morgan fingerprint density at radius 3 is 2.50 bits per heavy atom. The van der Waals surface area contributed by atoms with Crippen LogP contribution in [-0.4, -0.2) is 43.2 Å². The highest BCUT2D eigenvalue weighted by atomic mass is 16.5. The first kappa shape index (κ1) is 11.5. The quantitative estimate of drug-likeness (QED) is 0.713. The average molecular weight is 200 g/mol. The lowest BCUT2D eigenvalue weighted by Gasteiger charge is -2.35. The third kappa shape index (κ3) is 2.69. The molecule has 1 saturated heterocycles. The Labute approximate surface area is 85.4 Å². The molecule has 0 bridgehead atoms. The van der Waals surface area contributed by atoms with Gasteiger partial charge in [-0.1, -0.05) is 6.92 Å². The fourth-order valence-electron chi connectivity index (χ4n) is 2.06. The molecule has 1 unspecified atom stereocenters. The number of amides is 1. The van der Waals surface area contributed by atoms with E-state index in [0.29, 0.717) is 6.10 Å². The molecule has 1 fully saturated rings. The fraction of sp³-hybridized carbons (Fsp3) is 0.900. The van der Waals surface area contributed by atoms with Gasteiger partial charge in [0, 0.05) is 20.2 Å². The minimum atomic E-state index is -0.205. The van der Waals surface area contributed by atoms with Crippen LogP contribution in [0.4, 0.5) is 0 Å². The van der Waals surface area contributed by atoms with E-state index in [2.05, 4.69) is 4.90 Å². The molecule has 0 aliphatic carbocycles. The minimum absolute atomic E-state index is 0.0900. The third-order valence-electron chi connectivity index (χ3n) is 2.97. The van der Waals surface area contributed by atoms with Crippen LogP contribution < -0.4 is 5.73 Å². The summed E-state index contributed by atoms with van der Waals surface area (Å²) in [5.74, 6) is -0.205. The lowest BCUT2D eigenvalue weighted by atomic mass is 10.0. The van der Waals surface area contributed by atoms with Gasteiger partial charge in [0.05, 0.1) is 12.1 Å². The summed E-state index contributed by atoms with van der Waals surface area (Å²) in [5, 5.41) is 0. The molecule has 0 aromatic carbocycles. The number of hydrogen-bond donors (Lipinski definition) is 1. The molecular weight excluding hydrogens is 180 g/mol. The summed E-state index contributed by atoms with van der Waals surface area (Å²) in [4.78, 5) is 13.3. The van der Waals surface area contributed by atoms with Crippen molar-refractivity contribution < 1.29 is 9.53 Å². The van der Waals surface area contributed by atoms with Gasteiger partial charge in [-0.15, -0.1) is 0 Å². The van der Waals surface area contributed by atoms with E-state index in [1.54, 1.807) is 7.11 Å². The monoisotopic (exact) mass is 200 g/mol. The number of carbonyl (C=O) groups excluding carboxylic acids is 1. The predicted molar refractivity (Wildman–Crippen MR) is 54.9 cm³/mol. The molecule has 0 aromatic heterocycles. The largest absolute Gasteiger partial charge is 0.381 e. The summed E-state index contributed by atoms with van der Waals surface area (Å²) in [6.45, 7) is 3.83. The highest BCUT2D eigenvalue weighted by molar-refractivity contribution is 5.79. The van der Waals surface area contributed by atoms with Crippen molar-refractivity contribution in [3.8, 4) is 0 Å². The van der Waals surface area contributed by atoms with Crippen LogP contribution in [0.1, 0.15) is 26.2 Å². The van der Waals surface area contributed by atoms with Gasteiger partial charge in [0.1, 0.15) is 0 Å². The highest BCUT2D eigenvalue weighted by Crippen LogP contribution is 2.16. The van der Waals surface area contributed by atoms with Gasteiger partial charge in [-0.3, -0.25) is 9.69 Å². The van der Waals surface area contributed by atoms with Crippen LogP contribution in [0.15, 0.2) is 0 Å². The molecule has 1 heterocycles. The number of nitrogens with zero attached hydrogens (tertiary/aromatic N) is 1. The van der Waals surface area contributed by atoms with Crippen LogP contribution in [-0.2, 0) is 9.53 Å². The number of piperidine rings is 1. The molecule has 1 rings (SSSR count). The Balaban J connectivity index is 2.43. The van der Waals surface area contributed by atoms with E-state index >= 15 is 0 Å². The molecule has 2 N–H and O–H groups in total. The van der Waals surface area contributed by atoms with Gasteiger partial charge >= 0.3 is 0 Å². The van der Waals surface area contributed by atoms with Crippen molar-refractivity contribution in [2.24, 2.45) is 5.73 Å². The van der Waals surface area contributed by atoms with Crippen molar-refractivity contribution >= 4 is 5.91 Å². The highest BCUT2D eigenvalue weighted by Gasteiger charge is 2.26. The van der Waals surface area contributed by atoms with E-state index < -0.39 is 0 Å². The standard InChI is InChI=1S/C10H20N2O2/c1-3-9(10(11)13)12-6-4-8(14-2)5-7-12/h8-9H,3-7H2,1-2H3,(H2,11,13). The summed E-state index contributed by atoms with van der Waals surface area (Å²) in [6, 6.07) is -0.0900. The predicted octanol–water partition coefficient (Wildman–Crippen LogP) is 0.361. The Morgan fingerprint density at radius 2 is 2.14 bits per heavy atom. The fourth-order valence-corrected chi connectivity index (χ4v) is 2.06. The molecule has 1 atom stereocenters. The summed E-state index contributed by atoms with van der Waals surface area (Å²) in [7, 11) is 1.74. The first-order chi connectivity index (χ1) is 6.69. The molecule has 0 spiro atoms.